The van der Waals surface area contributed by atoms with Gasteiger partial charge in [-0.05, 0) is 106 Å². The van der Waals surface area contributed by atoms with Crippen LogP contribution in [0.4, 0.5) is 0 Å². The second kappa shape index (κ2) is 17.5. The third-order valence-electron chi connectivity index (χ3n) is 6.28. The standard InChI is InChI=1S/C16H16O2.2C9H10O2.CH2O2/c1-11-3-6-13(7-4-11)9-14-8-5-12(2)15(10-14)16(17)18;1-6-3-7(2)5-8(4-6)9(10)11;1-6-3-4-8(9(10)11)5-7(6)2;2-1-3/h3-8,10H,9H2,1-2H3,(H,17,18);2*3-5H,1-2H3,(H,10,11);1H,(H,2,3). The van der Waals surface area contributed by atoms with Crippen LogP contribution in [-0.2, 0) is 11.2 Å². The Morgan fingerprint density at radius 1 is 0.535 bits per heavy atom. The van der Waals surface area contributed by atoms with Crippen molar-refractivity contribution < 1.29 is 39.6 Å². The van der Waals surface area contributed by atoms with Crippen LogP contribution in [0, 0.1) is 41.5 Å². The first-order valence-electron chi connectivity index (χ1n) is 13.3. The van der Waals surface area contributed by atoms with Gasteiger partial charge in [-0.3, -0.25) is 4.79 Å². The Morgan fingerprint density at radius 3 is 1.49 bits per heavy atom. The van der Waals surface area contributed by atoms with Gasteiger partial charge in [-0.15, -0.1) is 0 Å². The van der Waals surface area contributed by atoms with E-state index in [-0.39, 0.29) is 6.47 Å². The summed E-state index contributed by atoms with van der Waals surface area (Å²) in [4.78, 5) is 40.4. The number of hydrogen-bond acceptors (Lipinski definition) is 4. The van der Waals surface area contributed by atoms with Crippen LogP contribution >= 0.6 is 0 Å². The first-order chi connectivity index (χ1) is 20.2. The molecule has 0 saturated carbocycles. The third-order valence-corrected chi connectivity index (χ3v) is 6.28. The highest BCUT2D eigenvalue weighted by molar-refractivity contribution is 5.89. The van der Waals surface area contributed by atoms with E-state index >= 15 is 0 Å². The quantitative estimate of drug-likeness (QED) is 0.178. The van der Waals surface area contributed by atoms with Crippen LogP contribution in [0.1, 0.15) is 75.6 Å². The fourth-order valence-electron chi connectivity index (χ4n) is 3.92. The van der Waals surface area contributed by atoms with Crippen LogP contribution in [0.5, 0.6) is 0 Å². The lowest BCUT2D eigenvalue weighted by Gasteiger charge is -2.06. The number of aryl methyl sites for hydroxylation is 6. The highest BCUT2D eigenvalue weighted by Gasteiger charge is 2.08. The summed E-state index contributed by atoms with van der Waals surface area (Å²) in [5.41, 5.74) is 9.48. The molecule has 0 fully saturated rings. The monoisotopic (exact) mass is 586 g/mol. The average Bonchev–Trinajstić information content (AvgIpc) is 2.93. The van der Waals surface area contributed by atoms with Gasteiger partial charge in [0.15, 0.2) is 0 Å². The molecule has 0 bridgehead atoms. The minimum atomic E-state index is -0.867. The molecule has 8 heteroatoms. The van der Waals surface area contributed by atoms with Gasteiger partial charge in [0, 0.05) is 0 Å². The number of carboxylic acid groups (broad SMARTS) is 4. The molecule has 4 aromatic rings. The summed E-state index contributed by atoms with van der Waals surface area (Å²) in [6.07, 6.45) is 0.765. The van der Waals surface area contributed by atoms with Crippen molar-refractivity contribution in [3.05, 3.63) is 140 Å². The van der Waals surface area contributed by atoms with Crippen LogP contribution in [-0.4, -0.2) is 44.8 Å². The van der Waals surface area contributed by atoms with Crippen molar-refractivity contribution in [2.75, 3.05) is 0 Å². The minimum absolute atomic E-state index is 0.250. The van der Waals surface area contributed by atoms with E-state index < -0.39 is 17.9 Å². The molecule has 0 aliphatic carbocycles. The molecule has 0 aliphatic heterocycles. The normalized spacial score (nSPS) is 9.53. The molecular formula is C35H38O8. The number of aromatic carboxylic acids is 3. The summed E-state index contributed by atoms with van der Waals surface area (Å²) in [6, 6.07) is 24.3. The third kappa shape index (κ3) is 12.9. The van der Waals surface area contributed by atoms with E-state index in [4.69, 9.17) is 25.2 Å². The van der Waals surface area contributed by atoms with Gasteiger partial charge < -0.3 is 20.4 Å². The summed E-state index contributed by atoms with van der Waals surface area (Å²) in [5.74, 6) is -2.59. The Hall–Kier alpha value is -5.24. The fourth-order valence-corrected chi connectivity index (χ4v) is 3.92. The summed E-state index contributed by atoms with van der Waals surface area (Å²) >= 11 is 0. The lowest BCUT2D eigenvalue weighted by atomic mass is 9.99. The molecule has 0 atom stereocenters. The van der Waals surface area contributed by atoms with E-state index in [0.717, 1.165) is 39.8 Å². The van der Waals surface area contributed by atoms with Gasteiger partial charge in [0.05, 0.1) is 16.7 Å². The molecule has 4 rings (SSSR count). The van der Waals surface area contributed by atoms with Crippen molar-refractivity contribution in [3.8, 4) is 0 Å². The molecule has 0 spiro atoms. The zero-order valence-corrected chi connectivity index (χ0v) is 25.2. The SMILES string of the molecule is Cc1cc(C)cc(C(=O)O)c1.Cc1ccc(C(=O)O)cc1C.Cc1ccc(Cc2ccc(C)c(C(=O)O)c2)cc1.O=CO. The van der Waals surface area contributed by atoms with Crippen molar-refractivity contribution in [2.45, 2.75) is 48.0 Å². The molecule has 226 valence electrons. The Bertz CT molecular complexity index is 1530. The number of carbonyl (C=O) groups is 4. The second-order valence-corrected chi connectivity index (χ2v) is 10.0. The molecule has 0 aromatic heterocycles. The van der Waals surface area contributed by atoms with E-state index in [9.17, 15) is 14.4 Å². The first kappa shape index (κ1) is 35.8. The first-order valence-corrected chi connectivity index (χ1v) is 13.3. The van der Waals surface area contributed by atoms with Gasteiger partial charge in [0.25, 0.3) is 6.47 Å². The fraction of sp³-hybridized carbons (Fsp3) is 0.200. The van der Waals surface area contributed by atoms with Crippen LogP contribution in [0.2, 0.25) is 0 Å². The lowest BCUT2D eigenvalue weighted by Crippen LogP contribution is -2.01. The van der Waals surface area contributed by atoms with Crippen molar-refractivity contribution in [1.29, 1.82) is 0 Å². The molecule has 0 radical (unpaired) electrons. The number of carboxylic acids is 3. The molecule has 0 amide bonds. The summed E-state index contributed by atoms with van der Waals surface area (Å²) in [6.45, 7) is 11.3. The minimum Gasteiger partial charge on any atom is -0.483 e. The summed E-state index contributed by atoms with van der Waals surface area (Å²) in [7, 11) is 0. The predicted octanol–water partition coefficient (Wildman–Crippen LogP) is 7.30. The molecule has 43 heavy (non-hydrogen) atoms. The molecule has 0 saturated heterocycles. The molecule has 0 unspecified atom stereocenters. The van der Waals surface area contributed by atoms with Crippen LogP contribution < -0.4 is 0 Å². The molecule has 4 aromatic carbocycles. The highest BCUT2D eigenvalue weighted by atomic mass is 16.4. The lowest BCUT2D eigenvalue weighted by molar-refractivity contribution is -0.122. The number of benzene rings is 4. The number of hydrogen-bond donors (Lipinski definition) is 4. The molecular weight excluding hydrogens is 548 g/mol. The Kier molecular flexibility index (Phi) is 14.6. The van der Waals surface area contributed by atoms with Crippen LogP contribution in [0.3, 0.4) is 0 Å². The van der Waals surface area contributed by atoms with Crippen LogP contribution in [0.25, 0.3) is 0 Å². The van der Waals surface area contributed by atoms with E-state index in [1.807, 2.05) is 58.9 Å². The van der Waals surface area contributed by atoms with Gasteiger partial charge in [0.2, 0.25) is 0 Å². The zero-order valence-electron chi connectivity index (χ0n) is 25.2. The Labute approximate surface area is 251 Å². The zero-order chi connectivity index (χ0) is 32.7. The Morgan fingerprint density at radius 2 is 1.02 bits per heavy atom. The Balaban J connectivity index is 0.000000322. The van der Waals surface area contributed by atoms with Crippen molar-refractivity contribution in [2.24, 2.45) is 0 Å². The van der Waals surface area contributed by atoms with E-state index in [1.165, 1.54) is 11.1 Å². The van der Waals surface area contributed by atoms with Crippen molar-refractivity contribution in [3.63, 3.8) is 0 Å². The van der Waals surface area contributed by atoms with E-state index in [1.54, 1.807) is 30.3 Å². The largest absolute Gasteiger partial charge is 0.483 e. The second-order valence-electron chi connectivity index (χ2n) is 10.0. The summed E-state index contributed by atoms with van der Waals surface area (Å²) in [5, 5.41) is 33.2. The topological polar surface area (TPSA) is 149 Å². The van der Waals surface area contributed by atoms with Gasteiger partial charge in [-0.25, -0.2) is 14.4 Å². The summed E-state index contributed by atoms with van der Waals surface area (Å²) < 4.78 is 0. The van der Waals surface area contributed by atoms with Crippen molar-refractivity contribution >= 4 is 24.4 Å². The smallest absolute Gasteiger partial charge is 0.335 e. The average molecular weight is 587 g/mol. The predicted molar refractivity (Wildman–Crippen MR) is 167 cm³/mol. The highest BCUT2D eigenvalue weighted by Crippen LogP contribution is 2.16. The van der Waals surface area contributed by atoms with Gasteiger partial charge in [0.1, 0.15) is 0 Å². The maximum Gasteiger partial charge on any atom is 0.335 e. The van der Waals surface area contributed by atoms with Crippen molar-refractivity contribution in [1.82, 2.24) is 0 Å². The van der Waals surface area contributed by atoms with Gasteiger partial charge in [-0.1, -0.05) is 65.2 Å². The molecule has 4 N–H and O–H groups in total. The molecule has 0 heterocycles. The maximum atomic E-state index is 11.1. The maximum absolute atomic E-state index is 11.1. The van der Waals surface area contributed by atoms with E-state index in [2.05, 4.69) is 31.2 Å². The van der Waals surface area contributed by atoms with E-state index in [0.29, 0.717) is 16.7 Å². The number of rotatable bonds is 5. The molecule has 8 nitrogen and oxygen atoms in total. The molecule has 0 aliphatic rings. The van der Waals surface area contributed by atoms with Gasteiger partial charge in [-0.2, -0.15) is 0 Å². The van der Waals surface area contributed by atoms with Gasteiger partial charge >= 0.3 is 17.9 Å². The van der Waals surface area contributed by atoms with Crippen LogP contribution in [0.15, 0.2) is 78.9 Å².